The Morgan fingerprint density at radius 1 is 1.50 bits per heavy atom. The van der Waals surface area contributed by atoms with Crippen LogP contribution in [0.1, 0.15) is 31.5 Å². The van der Waals surface area contributed by atoms with Crippen molar-refractivity contribution in [2.45, 2.75) is 32.2 Å². The number of pyridine rings is 1. The number of carbonyl (C=O) groups is 1. The number of hydrogen-bond donors (Lipinski definition) is 1. The number of nitrogens with one attached hydrogen (secondary N) is 1. The molecule has 1 aliphatic rings. The zero-order valence-electron chi connectivity index (χ0n) is 9.62. The first-order valence-corrected chi connectivity index (χ1v) is 5.57. The molecular weight excluding hydrogens is 204 g/mol. The number of rotatable bonds is 2. The molecule has 1 atom stereocenters. The number of aromatic nitrogens is 1. The molecule has 0 spiro atoms. The van der Waals surface area contributed by atoms with Gasteiger partial charge in [0.1, 0.15) is 5.69 Å². The molecular formula is C12H16N2O2. The Kier molecular flexibility index (Phi) is 2.81. The lowest BCUT2D eigenvalue weighted by Crippen LogP contribution is -2.35. The summed E-state index contributed by atoms with van der Waals surface area (Å²) < 4.78 is 1.65. The topological polar surface area (TPSA) is 51.1 Å². The van der Waals surface area contributed by atoms with Gasteiger partial charge in [-0.3, -0.25) is 9.59 Å². The molecule has 1 aromatic heterocycles. The lowest BCUT2D eigenvalue weighted by Gasteiger charge is -2.26. The van der Waals surface area contributed by atoms with Gasteiger partial charge in [0.25, 0.3) is 5.56 Å². The van der Waals surface area contributed by atoms with Crippen LogP contribution < -0.4 is 10.9 Å². The number of aryl methyl sites for hydroxylation is 1. The Bertz CT molecular complexity index is 476. The van der Waals surface area contributed by atoms with Gasteiger partial charge in [-0.05, 0) is 38.3 Å². The van der Waals surface area contributed by atoms with Gasteiger partial charge in [-0.15, -0.1) is 0 Å². The number of ketones is 1. The SMILES string of the molecule is CNc1ccc2n(c1=O)C(C(C)=O)CCC2. The van der Waals surface area contributed by atoms with Gasteiger partial charge in [0.05, 0.1) is 6.04 Å². The molecule has 0 saturated heterocycles. The first-order chi connectivity index (χ1) is 7.65. The van der Waals surface area contributed by atoms with Crippen LogP contribution >= 0.6 is 0 Å². The van der Waals surface area contributed by atoms with Crippen LogP contribution in [-0.4, -0.2) is 17.4 Å². The third-order valence-corrected chi connectivity index (χ3v) is 3.16. The Morgan fingerprint density at radius 2 is 2.25 bits per heavy atom. The average molecular weight is 220 g/mol. The van der Waals surface area contributed by atoms with Crippen molar-refractivity contribution < 1.29 is 4.79 Å². The van der Waals surface area contributed by atoms with Crippen LogP contribution in [0, 0.1) is 0 Å². The third-order valence-electron chi connectivity index (χ3n) is 3.16. The standard InChI is InChI=1S/C12H16N2O2/c1-8(15)11-5-3-4-9-6-7-10(13-2)12(16)14(9)11/h6-7,11,13H,3-5H2,1-2H3. The Labute approximate surface area is 94.3 Å². The second-order valence-corrected chi connectivity index (χ2v) is 4.18. The van der Waals surface area contributed by atoms with E-state index in [1.165, 1.54) is 0 Å². The maximum Gasteiger partial charge on any atom is 0.274 e. The predicted octanol–water partition coefficient (Wildman–Crippen LogP) is 1.36. The highest BCUT2D eigenvalue weighted by atomic mass is 16.1. The van der Waals surface area contributed by atoms with Gasteiger partial charge >= 0.3 is 0 Å². The van der Waals surface area contributed by atoms with Gasteiger partial charge in [0.2, 0.25) is 0 Å². The minimum absolute atomic E-state index is 0.0660. The van der Waals surface area contributed by atoms with E-state index in [0.717, 1.165) is 25.0 Å². The quantitative estimate of drug-likeness (QED) is 0.818. The van der Waals surface area contributed by atoms with Crippen molar-refractivity contribution >= 4 is 11.5 Å². The molecule has 0 saturated carbocycles. The fraction of sp³-hybridized carbons (Fsp3) is 0.500. The second kappa shape index (κ2) is 4.12. The zero-order valence-corrected chi connectivity index (χ0v) is 9.62. The monoisotopic (exact) mass is 220 g/mol. The molecule has 1 N–H and O–H groups in total. The van der Waals surface area contributed by atoms with Crippen molar-refractivity contribution in [3.8, 4) is 0 Å². The number of fused-ring (bicyclic) bond motifs is 1. The molecule has 1 unspecified atom stereocenters. The summed E-state index contributed by atoms with van der Waals surface area (Å²) in [5.74, 6) is 0.0660. The fourth-order valence-corrected chi connectivity index (χ4v) is 2.32. The van der Waals surface area contributed by atoms with Crippen molar-refractivity contribution in [1.29, 1.82) is 0 Å². The highest BCUT2D eigenvalue weighted by Crippen LogP contribution is 2.24. The van der Waals surface area contributed by atoms with E-state index in [1.54, 1.807) is 24.6 Å². The van der Waals surface area contributed by atoms with Gasteiger partial charge in [-0.25, -0.2) is 0 Å². The van der Waals surface area contributed by atoms with E-state index in [2.05, 4.69) is 5.32 Å². The summed E-state index contributed by atoms with van der Waals surface area (Å²) in [6.07, 6.45) is 2.63. The molecule has 0 amide bonds. The summed E-state index contributed by atoms with van der Waals surface area (Å²) in [6, 6.07) is 3.45. The molecule has 0 bridgehead atoms. The molecule has 2 heterocycles. The summed E-state index contributed by atoms with van der Waals surface area (Å²) >= 11 is 0. The smallest absolute Gasteiger partial charge is 0.274 e. The molecule has 0 radical (unpaired) electrons. The zero-order chi connectivity index (χ0) is 11.7. The van der Waals surface area contributed by atoms with E-state index < -0.39 is 0 Å². The van der Waals surface area contributed by atoms with E-state index in [-0.39, 0.29) is 17.4 Å². The van der Waals surface area contributed by atoms with Crippen LogP contribution in [0.2, 0.25) is 0 Å². The van der Waals surface area contributed by atoms with Gasteiger partial charge in [0.15, 0.2) is 5.78 Å². The van der Waals surface area contributed by atoms with Crippen LogP contribution in [0.25, 0.3) is 0 Å². The van der Waals surface area contributed by atoms with Crippen LogP contribution in [-0.2, 0) is 11.2 Å². The Hall–Kier alpha value is -1.58. The van der Waals surface area contributed by atoms with E-state index in [1.807, 2.05) is 6.07 Å². The highest BCUT2D eigenvalue weighted by Gasteiger charge is 2.24. The lowest BCUT2D eigenvalue weighted by molar-refractivity contribution is -0.120. The molecule has 4 nitrogen and oxygen atoms in total. The molecule has 1 aromatic rings. The first-order valence-electron chi connectivity index (χ1n) is 5.57. The van der Waals surface area contributed by atoms with Gasteiger partial charge in [-0.2, -0.15) is 0 Å². The average Bonchev–Trinajstić information content (AvgIpc) is 2.29. The van der Waals surface area contributed by atoms with E-state index in [0.29, 0.717) is 5.69 Å². The summed E-state index contributed by atoms with van der Waals surface area (Å²) in [6.45, 7) is 1.55. The molecule has 4 heteroatoms. The summed E-state index contributed by atoms with van der Waals surface area (Å²) in [7, 11) is 1.72. The molecule has 0 fully saturated rings. The number of anilines is 1. The van der Waals surface area contributed by atoms with Crippen molar-refractivity contribution in [1.82, 2.24) is 4.57 Å². The lowest BCUT2D eigenvalue weighted by atomic mass is 9.98. The second-order valence-electron chi connectivity index (χ2n) is 4.18. The predicted molar refractivity (Wildman–Crippen MR) is 62.9 cm³/mol. The minimum atomic E-state index is -0.274. The Balaban J connectivity index is 2.61. The van der Waals surface area contributed by atoms with Crippen molar-refractivity contribution in [2.24, 2.45) is 0 Å². The third kappa shape index (κ3) is 1.64. The van der Waals surface area contributed by atoms with Crippen LogP contribution in [0.15, 0.2) is 16.9 Å². The summed E-state index contributed by atoms with van der Waals surface area (Å²) in [5.41, 5.74) is 1.44. The number of hydrogen-bond acceptors (Lipinski definition) is 3. The van der Waals surface area contributed by atoms with E-state index in [9.17, 15) is 9.59 Å². The molecule has 2 rings (SSSR count). The first kappa shape index (κ1) is 10.9. The number of carbonyl (C=O) groups excluding carboxylic acids is 1. The molecule has 0 aromatic carbocycles. The molecule has 1 aliphatic heterocycles. The van der Waals surface area contributed by atoms with Crippen molar-refractivity contribution in [2.75, 3.05) is 12.4 Å². The van der Waals surface area contributed by atoms with Crippen LogP contribution in [0.5, 0.6) is 0 Å². The van der Waals surface area contributed by atoms with Crippen molar-refractivity contribution in [3.63, 3.8) is 0 Å². The highest BCUT2D eigenvalue weighted by molar-refractivity contribution is 5.80. The molecule has 16 heavy (non-hydrogen) atoms. The van der Waals surface area contributed by atoms with Gasteiger partial charge in [-0.1, -0.05) is 0 Å². The number of nitrogens with zero attached hydrogens (tertiary/aromatic N) is 1. The van der Waals surface area contributed by atoms with Crippen LogP contribution in [0.4, 0.5) is 5.69 Å². The normalized spacial score (nSPS) is 19.0. The number of Topliss-reactive ketones (excluding diaryl/α,β-unsaturated/α-hetero) is 1. The van der Waals surface area contributed by atoms with E-state index >= 15 is 0 Å². The summed E-state index contributed by atoms with van der Waals surface area (Å²) in [4.78, 5) is 23.6. The molecule has 0 aliphatic carbocycles. The largest absolute Gasteiger partial charge is 0.384 e. The van der Waals surface area contributed by atoms with Crippen LogP contribution in [0.3, 0.4) is 0 Å². The summed E-state index contributed by atoms with van der Waals surface area (Å²) in [5, 5.41) is 2.86. The van der Waals surface area contributed by atoms with Gasteiger partial charge < -0.3 is 9.88 Å². The minimum Gasteiger partial charge on any atom is -0.384 e. The maximum atomic E-state index is 12.1. The van der Waals surface area contributed by atoms with Gasteiger partial charge in [0, 0.05) is 12.7 Å². The molecule has 86 valence electrons. The fourth-order valence-electron chi connectivity index (χ4n) is 2.32. The van der Waals surface area contributed by atoms with Crippen molar-refractivity contribution in [3.05, 3.63) is 28.2 Å². The van der Waals surface area contributed by atoms with E-state index in [4.69, 9.17) is 0 Å². The maximum absolute atomic E-state index is 12.1. The Morgan fingerprint density at radius 3 is 2.88 bits per heavy atom.